The van der Waals surface area contributed by atoms with Gasteiger partial charge in [-0.05, 0) is 42.8 Å². The molecule has 0 aliphatic carbocycles. The standard InChI is InChI=1S/C23H16ClNO2S/c1-2-27-23(26)20-16-6-5-9-19-22(16)25(17-7-3-4-8-18(17)28-19)21(20)14-10-12-15(24)13-11-14/h3-13H,2H2,1H3. The summed E-state index contributed by atoms with van der Waals surface area (Å²) in [5.74, 6) is -0.308. The van der Waals surface area contributed by atoms with Gasteiger partial charge in [0, 0.05) is 20.2 Å². The van der Waals surface area contributed by atoms with Crippen LogP contribution in [0.25, 0.3) is 27.8 Å². The zero-order chi connectivity index (χ0) is 19.3. The molecule has 3 nitrogen and oxygen atoms in total. The van der Waals surface area contributed by atoms with Crippen LogP contribution in [0.2, 0.25) is 5.02 Å². The zero-order valence-corrected chi connectivity index (χ0v) is 16.7. The number of esters is 1. The third kappa shape index (κ3) is 2.56. The average molecular weight is 406 g/mol. The number of fused-ring (bicyclic) bond motifs is 2. The first-order valence-electron chi connectivity index (χ1n) is 9.06. The summed E-state index contributed by atoms with van der Waals surface area (Å²) in [6.45, 7) is 2.16. The summed E-state index contributed by atoms with van der Waals surface area (Å²) in [7, 11) is 0. The summed E-state index contributed by atoms with van der Waals surface area (Å²) in [6, 6.07) is 21.9. The van der Waals surface area contributed by atoms with Crippen LogP contribution in [0.1, 0.15) is 17.3 Å². The van der Waals surface area contributed by atoms with E-state index in [4.69, 9.17) is 16.3 Å². The number of aromatic nitrogens is 1. The molecule has 1 aromatic heterocycles. The molecule has 0 N–H and O–H groups in total. The van der Waals surface area contributed by atoms with Crippen molar-refractivity contribution in [1.82, 2.24) is 4.57 Å². The minimum atomic E-state index is -0.308. The second-order valence-electron chi connectivity index (χ2n) is 6.51. The largest absolute Gasteiger partial charge is 0.462 e. The van der Waals surface area contributed by atoms with Crippen molar-refractivity contribution in [2.45, 2.75) is 16.7 Å². The maximum Gasteiger partial charge on any atom is 0.340 e. The Morgan fingerprint density at radius 2 is 1.75 bits per heavy atom. The van der Waals surface area contributed by atoms with Crippen LogP contribution in [0.5, 0.6) is 0 Å². The minimum Gasteiger partial charge on any atom is -0.462 e. The molecule has 3 aromatic carbocycles. The van der Waals surface area contributed by atoms with Gasteiger partial charge in [0.1, 0.15) is 0 Å². The van der Waals surface area contributed by atoms with Crippen LogP contribution in [0, 0.1) is 0 Å². The number of ether oxygens (including phenoxy) is 1. The van der Waals surface area contributed by atoms with E-state index in [2.05, 4.69) is 22.8 Å². The second kappa shape index (κ2) is 6.73. The SMILES string of the molecule is CCOC(=O)c1c(-c2ccc(Cl)cc2)n2c3c(cccc13)Sc1ccccc1-2. The van der Waals surface area contributed by atoms with Crippen molar-refractivity contribution in [1.29, 1.82) is 0 Å². The van der Waals surface area contributed by atoms with Gasteiger partial charge in [-0.25, -0.2) is 4.79 Å². The number of carbonyl (C=O) groups excluding carboxylic acids is 1. The fraction of sp³-hybridized carbons (Fsp3) is 0.0870. The lowest BCUT2D eigenvalue weighted by molar-refractivity contribution is 0.0529. The third-order valence-electron chi connectivity index (χ3n) is 4.88. The molecular weight excluding hydrogens is 390 g/mol. The van der Waals surface area contributed by atoms with Gasteiger partial charge in [0.15, 0.2) is 0 Å². The van der Waals surface area contributed by atoms with Crippen molar-refractivity contribution >= 4 is 40.2 Å². The summed E-state index contributed by atoms with van der Waals surface area (Å²) < 4.78 is 7.63. The van der Waals surface area contributed by atoms with E-state index in [0.29, 0.717) is 17.2 Å². The monoisotopic (exact) mass is 405 g/mol. The number of hydrogen-bond acceptors (Lipinski definition) is 3. The van der Waals surface area contributed by atoms with E-state index >= 15 is 0 Å². The lowest BCUT2D eigenvalue weighted by Crippen LogP contribution is -2.08. The smallest absolute Gasteiger partial charge is 0.340 e. The van der Waals surface area contributed by atoms with Crippen molar-refractivity contribution < 1.29 is 9.53 Å². The normalized spacial score (nSPS) is 12.1. The van der Waals surface area contributed by atoms with Gasteiger partial charge in [-0.1, -0.05) is 59.8 Å². The number of carbonyl (C=O) groups is 1. The van der Waals surface area contributed by atoms with Crippen molar-refractivity contribution in [2.75, 3.05) is 6.61 Å². The van der Waals surface area contributed by atoms with E-state index in [-0.39, 0.29) is 5.97 Å². The van der Waals surface area contributed by atoms with Crippen molar-refractivity contribution in [2.24, 2.45) is 0 Å². The number of nitrogens with zero attached hydrogens (tertiary/aromatic N) is 1. The molecular formula is C23H16ClNO2S. The van der Waals surface area contributed by atoms with Crippen LogP contribution in [0.15, 0.2) is 76.5 Å². The number of para-hydroxylation sites is 2. The Morgan fingerprint density at radius 3 is 2.54 bits per heavy atom. The molecule has 0 bridgehead atoms. The highest BCUT2D eigenvalue weighted by molar-refractivity contribution is 7.99. The van der Waals surface area contributed by atoms with Crippen molar-refractivity contribution in [3.05, 3.63) is 77.3 Å². The number of rotatable bonds is 3. The van der Waals surface area contributed by atoms with E-state index in [9.17, 15) is 4.79 Å². The highest BCUT2D eigenvalue weighted by Crippen LogP contribution is 2.48. The molecule has 5 rings (SSSR count). The number of halogens is 1. The van der Waals surface area contributed by atoms with Crippen molar-refractivity contribution in [3.63, 3.8) is 0 Å². The summed E-state index contributed by atoms with van der Waals surface area (Å²) in [5, 5.41) is 1.57. The maximum absolute atomic E-state index is 13.0. The maximum atomic E-state index is 13.0. The van der Waals surface area contributed by atoms with Crippen LogP contribution in [-0.4, -0.2) is 17.1 Å². The Bertz CT molecular complexity index is 1230. The molecule has 0 spiro atoms. The average Bonchev–Trinajstić information content (AvgIpc) is 3.06. The molecule has 4 aromatic rings. The molecule has 2 heterocycles. The predicted octanol–water partition coefficient (Wildman–Crippen LogP) is 6.59. The third-order valence-corrected chi connectivity index (χ3v) is 6.24. The fourth-order valence-corrected chi connectivity index (χ4v) is 4.98. The van der Waals surface area contributed by atoms with Crippen LogP contribution < -0.4 is 0 Å². The van der Waals surface area contributed by atoms with E-state index in [1.54, 1.807) is 11.8 Å². The van der Waals surface area contributed by atoms with Gasteiger partial charge in [-0.2, -0.15) is 0 Å². The Balaban J connectivity index is 1.95. The Hall–Kier alpha value is -2.69. The Morgan fingerprint density at radius 1 is 1.00 bits per heavy atom. The molecule has 138 valence electrons. The topological polar surface area (TPSA) is 31.2 Å². The lowest BCUT2D eigenvalue weighted by Gasteiger charge is -2.21. The van der Waals surface area contributed by atoms with Crippen LogP contribution in [0.4, 0.5) is 0 Å². The van der Waals surface area contributed by atoms with Gasteiger partial charge in [0.25, 0.3) is 0 Å². The van der Waals surface area contributed by atoms with Gasteiger partial charge < -0.3 is 9.30 Å². The molecule has 5 heteroatoms. The van der Waals surface area contributed by atoms with Crippen LogP contribution in [-0.2, 0) is 4.74 Å². The molecule has 0 unspecified atom stereocenters. The van der Waals surface area contributed by atoms with Gasteiger partial charge in [-0.3, -0.25) is 0 Å². The molecule has 0 fully saturated rings. The fourth-order valence-electron chi connectivity index (χ4n) is 3.77. The predicted molar refractivity (Wildman–Crippen MR) is 114 cm³/mol. The molecule has 0 amide bonds. The number of hydrogen-bond donors (Lipinski definition) is 0. The molecule has 0 atom stereocenters. The van der Waals surface area contributed by atoms with E-state index in [1.807, 2.05) is 55.5 Å². The van der Waals surface area contributed by atoms with E-state index < -0.39 is 0 Å². The van der Waals surface area contributed by atoms with Crippen LogP contribution >= 0.6 is 23.4 Å². The Labute approximate surface area is 171 Å². The van der Waals surface area contributed by atoms with Gasteiger partial charge in [-0.15, -0.1) is 0 Å². The molecule has 28 heavy (non-hydrogen) atoms. The Kier molecular flexibility index (Phi) is 4.18. The summed E-state index contributed by atoms with van der Waals surface area (Å²) >= 11 is 7.84. The summed E-state index contributed by atoms with van der Waals surface area (Å²) in [5.41, 5.74) is 4.47. The van der Waals surface area contributed by atoms with Crippen LogP contribution in [0.3, 0.4) is 0 Å². The quantitative estimate of drug-likeness (QED) is 0.317. The molecule has 0 saturated heterocycles. The second-order valence-corrected chi connectivity index (χ2v) is 8.03. The summed E-state index contributed by atoms with van der Waals surface area (Å²) in [6.07, 6.45) is 0. The molecule has 1 aliphatic rings. The first-order chi connectivity index (χ1) is 13.7. The first-order valence-corrected chi connectivity index (χ1v) is 10.3. The zero-order valence-electron chi connectivity index (χ0n) is 15.1. The highest BCUT2D eigenvalue weighted by Gasteiger charge is 2.30. The van der Waals surface area contributed by atoms with Gasteiger partial charge >= 0.3 is 5.97 Å². The highest BCUT2D eigenvalue weighted by atomic mass is 35.5. The van der Waals surface area contributed by atoms with E-state index in [1.165, 1.54) is 0 Å². The first kappa shape index (κ1) is 17.4. The van der Waals surface area contributed by atoms with Gasteiger partial charge in [0.05, 0.1) is 29.1 Å². The van der Waals surface area contributed by atoms with E-state index in [0.717, 1.165) is 37.6 Å². The van der Waals surface area contributed by atoms with Gasteiger partial charge in [0.2, 0.25) is 0 Å². The minimum absolute atomic E-state index is 0.308. The molecule has 0 saturated carbocycles. The number of benzene rings is 3. The molecule has 1 aliphatic heterocycles. The summed E-state index contributed by atoms with van der Waals surface area (Å²) in [4.78, 5) is 15.3. The molecule has 0 radical (unpaired) electrons. The van der Waals surface area contributed by atoms with Crippen molar-refractivity contribution in [3.8, 4) is 16.9 Å². The lowest BCUT2D eigenvalue weighted by atomic mass is 10.1.